The molecule has 164 valence electrons. The Morgan fingerprint density at radius 2 is 2.06 bits per heavy atom. The minimum atomic E-state index is -0.676. The lowest BCUT2D eigenvalue weighted by atomic mass is 10.1. The second-order valence-electron chi connectivity index (χ2n) is 7.72. The molecule has 0 radical (unpaired) electrons. The number of carbonyl (C=O) groups is 1. The van der Waals surface area contributed by atoms with E-state index in [0.29, 0.717) is 18.9 Å². The van der Waals surface area contributed by atoms with E-state index in [1.807, 2.05) is 24.3 Å². The van der Waals surface area contributed by atoms with Gasteiger partial charge in [0.25, 0.3) is 5.91 Å². The molecular formula is C24H28N2O4S. The van der Waals surface area contributed by atoms with Crippen molar-refractivity contribution in [2.45, 2.75) is 37.7 Å². The first kappa shape index (κ1) is 21.9. The van der Waals surface area contributed by atoms with Crippen molar-refractivity contribution in [1.29, 1.82) is 0 Å². The maximum atomic E-state index is 12.6. The molecule has 0 atom stereocenters. The number of rotatable bonds is 8. The molecule has 7 heteroatoms. The number of allylic oxidation sites excluding steroid dienone is 2. The Morgan fingerprint density at radius 3 is 2.84 bits per heavy atom. The normalized spacial score (nSPS) is 20.3. The van der Waals surface area contributed by atoms with Crippen LogP contribution in [-0.2, 0) is 14.3 Å². The Bertz CT molecular complexity index is 1010. The summed E-state index contributed by atoms with van der Waals surface area (Å²) >= 11 is 1.69. The molecule has 0 spiro atoms. The highest BCUT2D eigenvalue weighted by atomic mass is 32.2. The summed E-state index contributed by atoms with van der Waals surface area (Å²) in [7, 11) is 3.23. The van der Waals surface area contributed by atoms with Crippen molar-refractivity contribution in [3.8, 4) is 5.75 Å². The number of hydrogen-bond donors (Lipinski definition) is 1. The van der Waals surface area contributed by atoms with Crippen molar-refractivity contribution in [3.05, 3.63) is 47.5 Å². The highest BCUT2D eigenvalue weighted by Gasteiger charge is 2.50. The van der Waals surface area contributed by atoms with Gasteiger partial charge in [0, 0.05) is 36.3 Å². The lowest BCUT2D eigenvalue weighted by Gasteiger charge is -2.16. The molecule has 1 aromatic carbocycles. The van der Waals surface area contributed by atoms with Gasteiger partial charge in [-0.2, -0.15) is 0 Å². The van der Waals surface area contributed by atoms with Gasteiger partial charge in [-0.25, -0.2) is 4.98 Å². The van der Waals surface area contributed by atoms with Gasteiger partial charge in [-0.05, 0) is 55.7 Å². The smallest absolute Gasteiger partial charge is 0.256 e. The molecule has 6 nitrogen and oxygen atoms in total. The molecule has 1 N–H and O–H groups in total. The molecule has 1 amide bonds. The van der Waals surface area contributed by atoms with Crippen LogP contribution in [-0.4, -0.2) is 43.9 Å². The largest absolute Gasteiger partial charge is 0.490 e. The molecule has 2 heterocycles. The summed E-state index contributed by atoms with van der Waals surface area (Å²) in [6.45, 7) is 0.927. The Kier molecular flexibility index (Phi) is 6.95. The van der Waals surface area contributed by atoms with Crippen LogP contribution in [0.3, 0.4) is 0 Å². The molecule has 2 aromatic rings. The van der Waals surface area contributed by atoms with Gasteiger partial charge >= 0.3 is 0 Å². The van der Waals surface area contributed by atoms with Crippen LogP contribution in [0.5, 0.6) is 5.75 Å². The van der Waals surface area contributed by atoms with E-state index >= 15 is 0 Å². The number of nitrogens with one attached hydrogen (secondary N) is 1. The SMILES string of the molecule is COCCOc1cc(/C2=C/CCC/C=C/S2)nc2ccc(NC(=O)C3(OC)CC3)cc12. The summed E-state index contributed by atoms with van der Waals surface area (Å²) in [5.41, 5.74) is 1.74. The van der Waals surface area contributed by atoms with Gasteiger partial charge < -0.3 is 19.5 Å². The molecule has 31 heavy (non-hydrogen) atoms. The molecule has 1 aromatic heterocycles. The van der Waals surface area contributed by atoms with Gasteiger partial charge in [0.05, 0.1) is 17.8 Å². The Hall–Kier alpha value is -2.35. The zero-order valence-electron chi connectivity index (χ0n) is 18.0. The Morgan fingerprint density at radius 1 is 1.19 bits per heavy atom. The van der Waals surface area contributed by atoms with Crippen molar-refractivity contribution in [2.75, 3.05) is 32.8 Å². The second kappa shape index (κ2) is 9.85. The standard InChI is InChI=1S/C24H28N2O4S/c1-28-12-13-30-21-16-20(22-7-5-3-4-6-14-31-22)26-19-9-8-17(15-18(19)21)25-23(27)24(29-2)10-11-24/h6-9,14-16H,3-5,10-13H2,1-2H3,(H,25,27)/b14-6+,22-7-. The van der Waals surface area contributed by atoms with Crippen molar-refractivity contribution in [2.24, 2.45) is 0 Å². The monoisotopic (exact) mass is 440 g/mol. The quantitative estimate of drug-likeness (QED) is 0.573. The van der Waals surface area contributed by atoms with Gasteiger partial charge in [0.2, 0.25) is 0 Å². The molecule has 0 unspecified atom stereocenters. The van der Waals surface area contributed by atoms with Gasteiger partial charge in [0.15, 0.2) is 0 Å². The fourth-order valence-corrected chi connectivity index (χ4v) is 4.33. The summed E-state index contributed by atoms with van der Waals surface area (Å²) in [5.74, 6) is 0.622. The number of fused-ring (bicyclic) bond motifs is 1. The van der Waals surface area contributed by atoms with E-state index in [9.17, 15) is 4.79 Å². The van der Waals surface area contributed by atoms with Crippen LogP contribution in [0.15, 0.2) is 41.8 Å². The lowest BCUT2D eigenvalue weighted by Crippen LogP contribution is -2.31. The number of benzene rings is 1. The number of hydrogen-bond acceptors (Lipinski definition) is 6. The van der Waals surface area contributed by atoms with Gasteiger partial charge in [-0.1, -0.05) is 23.9 Å². The van der Waals surface area contributed by atoms with Crippen molar-refractivity contribution < 1.29 is 19.0 Å². The molecule has 1 fully saturated rings. The maximum absolute atomic E-state index is 12.6. The van der Waals surface area contributed by atoms with Crippen molar-refractivity contribution >= 4 is 39.2 Å². The first-order valence-corrected chi connectivity index (χ1v) is 11.5. The zero-order chi connectivity index (χ0) is 21.7. The number of amides is 1. The van der Waals surface area contributed by atoms with Crippen LogP contribution in [0.25, 0.3) is 15.8 Å². The molecule has 1 aliphatic carbocycles. The van der Waals surface area contributed by atoms with Gasteiger partial charge in [-0.15, -0.1) is 0 Å². The Labute approximate surface area is 187 Å². The highest BCUT2D eigenvalue weighted by Crippen LogP contribution is 2.40. The fourth-order valence-electron chi connectivity index (χ4n) is 3.51. The number of methoxy groups -OCH3 is 2. The summed E-state index contributed by atoms with van der Waals surface area (Å²) < 4.78 is 16.6. The minimum absolute atomic E-state index is 0.108. The molecule has 0 bridgehead atoms. The fraction of sp³-hybridized carbons (Fsp3) is 0.417. The first-order valence-electron chi connectivity index (χ1n) is 10.6. The number of nitrogens with zero attached hydrogens (tertiary/aromatic N) is 1. The lowest BCUT2D eigenvalue weighted by molar-refractivity contribution is -0.128. The Balaban J connectivity index is 1.67. The maximum Gasteiger partial charge on any atom is 0.256 e. The summed E-state index contributed by atoms with van der Waals surface area (Å²) in [4.78, 5) is 18.6. The summed E-state index contributed by atoms with van der Waals surface area (Å²) in [6, 6.07) is 7.70. The van der Waals surface area contributed by atoms with Crippen LogP contribution in [0, 0.1) is 0 Å². The van der Waals surface area contributed by atoms with Crippen LogP contribution in [0.4, 0.5) is 5.69 Å². The molecule has 1 saturated carbocycles. The zero-order valence-corrected chi connectivity index (χ0v) is 18.8. The summed E-state index contributed by atoms with van der Waals surface area (Å²) in [5, 5.41) is 5.96. The van der Waals surface area contributed by atoms with E-state index in [0.717, 1.165) is 59.4 Å². The predicted octanol–water partition coefficient (Wildman–Crippen LogP) is 5.15. The minimum Gasteiger partial charge on any atom is -0.490 e. The average molecular weight is 441 g/mol. The number of aromatic nitrogens is 1. The van der Waals surface area contributed by atoms with E-state index in [1.54, 1.807) is 26.0 Å². The van der Waals surface area contributed by atoms with Crippen LogP contribution in [0.2, 0.25) is 0 Å². The molecule has 0 saturated heterocycles. The van der Waals surface area contributed by atoms with E-state index in [1.165, 1.54) is 0 Å². The third-order valence-corrected chi connectivity index (χ3v) is 6.49. The third kappa shape index (κ3) is 5.11. The molecule has 4 rings (SSSR count). The number of carbonyl (C=O) groups excluding carboxylic acids is 1. The highest BCUT2D eigenvalue weighted by molar-refractivity contribution is 8.10. The number of ether oxygens (including phenoxy) is 3. The topological polar surface area (TPSA) is 69.7 Å². The van der Waals surface area contributed by atoms with E-state index in [2.05, 4.69) is 22.9 Å². The van der Waals surface area contributed by atoms with Crippen molar-refractivity contribution in [3.63, 3.8) is 0 Å². The van der Waals surface area contributed by atoms with Gasteiger partial charge in [-0.3, -0.25) is 4.79 Å². The molecule has 2 aliphatic rings. The van der Waals surface area contributed by atoms with E-state index < -0.39 is 5.60 Å². The van der Waals surface area contributed by atoms with Crippen LogP contribution in [0.1, 0.15) is 37.8 Å². The first-order chi connectivity index (χ1) is 15.1. The van der Waals surface area contributed by atoms with E-state index in [-0.39, 0.29) is 5.91 Å². The second-order valence-corrected chi connectivity index (χ2v) is 8.67. The predicted molar refractivity (Wildman–Crippen MR) is 125 cm³/mol. The van der Waals surface area contributed by atoms with Gasteiger partial charge in [0.1, 0.15) is 18.0 Å². The van der Waals surface area contributed by atoms with Crippen LogP contribution < -0.4 is 10.1 Å². The number of pyridine rings is 1. The van der Waals surface area contributed by atoms with E-state index in [4.69, 9.17) is 19.2 Å². The third-order valence-electron chi connectivity index (χ3n) is 5.53. The summed E-state index contributed by atoms with van der Waals surface area (Å²) in [6.07, 6.45) is 9.22. The molecule has 1 aliphatic heterocycles. The van der Waals surface area contributed by atoms with Crippen molar-refractivity contribution in [1.82, 2.24) is 4.98 Å². The molecular weight excluding hydrogens is 412 g/mol. The average Bonchev–Trinajstić information content (AvgIpc) is 3.55. The number of anilines is 1. The number of thioether (sulfide) groups is 1. The van der Waals surface area contributed by atoms with Crippen LogP contribution >= 0.6 is 11.8 Å².